The van der Waals surface area contributed by atoms with Gasteiger partial charge in [-0.2, -0.15) is 5.26 Å². The number of nitriles is 1. The summed E-state index contributed by atoms with van der Waals surface area (Å²) in [6, 6.07) is 7.68. The Hall–Kier alpha value is -2.00. The van der Waals surface area contributed by atoms with Gasteiger partial charge in [0.1, 0.15) is 28.1 Å². The van der Waals surface area contributed by atoms with Crippen LogP contribution in [0, 0.1) is 18.3 Å². The highest BCUT2D eigenvalue weighted by atomic mass is 32.1. The molecule has 8 heteroatoms. The summed E-state index contributed by atoms with van der Waals surface area (Å²) in [6.45, 7) is 1.68. The summed E-state index contributed by atoms with van der Waals surface area (Å²) in [5, 5.41) is 20.0. The summed E-state index contributed by atoms with van der Waals surface area (Å²) in [6.07, 6.45) is 0.445. The second-order valence-electron chi connectivity index (χ2n) is 4.66. The first-order valence-corrected chi connectivity index (χ1v) is 9.00. The predicted octanol–water partition coefficient (Wildman–Crippen LogP) is 4.11. The molecule has 0 radical (unpaired) electrons. The van der Waals surface area contributed by atoms with E-state index >= 15 is 0 Å². The van der Waals surface area contributed by atoms with E-state index in [0.717, 1.165) is 26.3 Å². The normalized spacial score (nSPS) is 10.7. The number of hydrogen-bond donors (Lipinski definition) is 1. The van der Waals surface area contributed by atoms with Crippen LogP contribution in [0.5, 0.6) is 5.75 Å². The molecular formula is C15H11N2O3PS2. The van der Waals surface area contributed by atoms with Crippen LogP contribution < -0.4 is 4.74 Å². The Labute approximate surface area is 142 Å². The molecule has 0 aliphatic rings. The topological polar surface area (TPSA) is 83.2 Å². The number of thiazole rings is 1. The number of rotatable bonds is 4. The summed E-state index contributed by atoms with van der Waals surface area (Å²) < 4.78 is 6.30. The average Bonchev–Trinajstić information content (AvgIpc) is 3.10. The Kier molecular flexibility index (Phi) is 4.31. The van der Waals surface area contributed by atoms with Gasteiger partial charge in [0.2, 0.25) is 0 Å². The van der Waals surface area contributed by atoms with Crippen LogP contribution in [0.1, 0.15) is 20.9 Å². The Bertz CT molecular complexity index is 956. The average molecular weight is 362 g/mol. The van der Waals surface area contributed by atoms with Gasteiger partial charge in [-0.15, -0.1) is 22.7 Å². The molecule has 0 fully saturated rings. The number of benzene rings is 1. The van der Waals surface area contributed by atoms with Gasteiger partial charge in [-0.25, -0.2) is 9.78 Å². The molecule has 116 valence electrons. The third-order valence-corrected chi connectivity index (χ3v) is 5.83. The second-order valence-corrected chi connectivity index (χ2v) is 7.05. The Morgan fingerprint density at radius 1 is 1.43 bits per heavy atom. The van der Waals surface area contributed by atoms with Gasteiger partial charge in [-0.05, 0) is 30.5 Å². The smallest absolute Gasteiger partial charge is 0.347 e. The quantitative estimate of drug-likeness (QED) is 0.706. The first kappa shape index (κ1) is 15.9. The number of hydrogen-bond acceptors (Lipinski definition) is 6. The summed E-state index contributed by atoms with van der Waals surface area (Å²) in [5.74, 6) is -0.337. The van der Waals surface area contributed by atoms with Crippen LogP contribution in [0.15, 0.2) is 18.2 Å². The molecule has 2 heterocycles. The molecule has 0 aliphatic carbocycles. The van der Waals surface area contributed by atoms with E-state index in [-0.39, 0.29) is 4.88 Å². The van der Waals surface area contributed by atoms with Gasteiger partial charge in [-0.3, -0.25) is 0 Å². The van der Waals surface area contributed by atoms with Gasteiger partial charge in [0.25, 0.3) is 0 Å². The maximum Gasteiger partial charge on any atom is 0.347 e. The zero-order valence-electron chi connectivity index (χ0n) is 12.0. The lowest BCUT2D eigenvalue weighted by Crippen LogP contribution is -1.94. The van der Waals surface area contributed by atoms with E-state index in [1.54, 1.807) is 13.0 Å². The molecule has 1 unspecified atom stereocenters. The van der Waals surface area contributed by atoms with Crippen molar-refractivity contribution < 1.29 is 14.6 Å². The minimum atomic E-state index is -0.971. The maximum absolute atomic E-state index is 11.2. The standard InChI is InChI=1S/C15H11N2O3PS2/c1-7-12(15(18)19)23-14(17-7)11-4-8-2-10(20-6-21)3-9(5-16)13(8)22-11/h2-4H,6,21H2,1H3,(H,18,19). The van der Waals surface area contributed by atoms with Crippen molar-refractivity contribution in [2.75, 3.05) is 6.35 Å². The van der Waals surface area contributed by atoms with E-state index < -0.39 is 5.97 Å². The zero-order chi connectivity index (χ0) is 16.6. The van der Waals surface area contributed by atoms with E-state index in [4.69, 9.17) is 9.84 Å². The van der Waals surface area contributed by atoms with Gasteiger partial charge >= 0.3 is 5.97 Å². The lowest BCUT2D eigenvalue weighted by Gasteiger charge is -2.03. The summed E-state index contributed by atoms with van der Waals surface area (Å²) in [4.78, 5) is 16.6. The predicted molar refractivity (Wildman–Crippen MR) is 94.5 cm³/mol. The lowest BCUT2D eigenvalue weighted by molar-refractivity contribution is 0.0701. The second kappa shape index (κ2) is 6.25. The molecule has 23 heavy (non-hydrogen) atoms. The highest BCUT2D eigenvalue weighted by Gasteiger charge is 2.17. The molecule has 1 atom stereocenters. The number of thiophene rings is 1. The molecule has 0 spiro atoms. The Morgan fingerprint density at radius 3 is 2.83 bits per heavy atom. The van der Waals surface area contributed by atoms with Crippen LogP contribution in [-0.4, -0.2) is 22.4 Å². The van der Waals surface area contributed by atoms with Crippen molar-refractivity contribution in [2.24, 2.45) is 0 Å². The number of ether oxygens (including phenoxy) is 1. The zero-order valence-corrected chi connectivity index (χ0v) is 14.8. The fraction of sp³-hybridized carbons (Fsp3) is 0.133. The third-order valence-electron chi connectivity index (χ3n) is 3.16. The van der Waals surface area contributed by atoms with Gasteiger partial charge < -0.3 is 9.84 Å². The van der Waals surface area contributed by atoms with Gasteiger partial charge in [0, 0.05) is 0 Å². The Balaban J connectivity index is 2.15. The molecule has 0 aliphatic heterocycles. The number of aromatic carboxylic acids is 1. The molecule has 0 amide bonds. The van der Waals surface area contributed by atoms with Crippen molar-refractivity contribution in [3.8, 4) is 21.7 Å². The number of carbonyl (C=O) groups is 1. The molecule has 3 aromatic rings. The van der Waals surface area contributed by atoms with Gasteiger partial charge in [0.05, 0.1) is 20.8 Å². The van der Waals surface area contributed by atoms with Crippen molar-refractivity contribution in [3.63, 3.8) is 0 Å². The highest BCUT2D eigenvalue weighted by molar-refractivity contribution is 7.26. The third kappa shape index (κ3) is 2.93. The van der Waals surface area contributed by atoms with Gasteiger partial charge in [0.15, 0.2) is 0 Å². The Morgan fingerprint density at radius 2 is 2.22 bits per heavy atom. The van der Waals surface area contributed by atoms with E-state index in [0.29, 0.717) is 28.4 Å². The van der Waals surface area contributed by atoms with Crippen LogP contribution in [-0.2, 0) is 0 Å². The monoisotopic (exact) mass is 362 g/mol. The molecule has 2 aromatic heterocycles. The van der Waals surface area contributed by atoms with Crippen molar-refractivity contribution in [3.05, 3.63) is 34.3 Å². The van der Waals surface area contributed by atoms with Gasteiger partial charge in [-0.1, -0.05) is 9.24 Å². The van der Waals surface area contributed by atoms with Crippen molar-refractivity contribution in [1.29, 1.82) is 5.26 Å². The van der Waals surface area contributed by atoms with Crippen LogP contribution in [0.2, 0.25) is 0 Å². The highest BCUT2D eigenvalue weighted by Crippen LogP contribution is 2.39. The van der Waals surface area contributed by atoms with E-state index in [9.17, 15) is 10.1 Å². The van der Waals surface area contributed by atoms with E-state index in [1.807, 2.05) is 12.1 Å². The number of carboxylic acid groups (broad SMARTS) is 1. The number of aryl methyl sites for hydroxylation is 1. The summed E-state index contributed by atoms with van der Waals surface area (Å²) >= 11 is 2.58. The van der Waals surface area contributed by atoms with Crippen molar-refractivity contribution in [1.82, 2.24) is 4.98 Å². The minimum Gasteiger partial charge on any atom is -0.490 e. The van der Waals surface area contributed by atoms with Crippen molar-refractivity contribution >= 4 is 48.0 Å². The van der Waals surface area contributed by atoms with Crippen LogP contribution in [0.4, 0.5) is 0 Å². The number of fused-ring (bicyclic) bond motifs is 1. The maximum atomic E-state index is 11.2. The summed E-state index contributed by atoms with van der Waals surface area (Å²) in [5.41, 5.74) is 1.04. The molecule has 0 bridgehead atoms. The first-order chi connectivity index (χ1) is 11.0. The number of aromatic nitrogens is 1. The lowest BCUT2D eigenvalue weighted by atomic mass is 10.1. The van der Waals surface area contributed by atoms with E-state index in [2.05, 4.69) is 20.3 Å². The molecular weight excluding hydrogens is 351 g/mol. The number of carboxylic acids is 1. The molecule has 5 nitrogen and oxygen atoms in total. The minimum absolute atomic E-state index is 0.241. The molecule has 3 rings (SSSR count). The van der Waals surface area contributed by atoms with Crippen molar-refractivity contribution in [2.45, 2.75) is 6.92 Å². The molecule has 1 N–H and O–H groups in total. The fourth-order valence-corrected chi connectivity index (χ4v) is 4.44. The molecule has 1 aromatic carbocycles. The van der Waals surface area contributed by atoms with Crippen LogP contribution in [0.25, 0.3) is 20.0 Å². The molecule has 0 saturated carbocycles. The summed E-state index contributed by atoms with van der Waals surface area (Å²) in [7, 11) is 2.47. The largest absolute Gasteiger partial charge is 0.490 e. The first-order valence-electron chi connectivity index (χ1n) is 6.55. The van der Waals surface area contributed by atoms with Crippen LogP contribution in [0.3, 0.4) is 0 Å². The molecule has 0 saturated heterocycles. The fourth-order valence-electron chi connectivity index (χ4n) is 2.19. The van der Waals surface area contributed by atoms with E-state index in [1.165, 1.54) is 11.3 Å². The SMILES string of the molecule is Cc1nc(-c2cc3cc(OCP)cc(C#N)c3s2)sc1C(=O)O. The van der Waals surface area contributed by atoms with Crippen LogP contribution >= 0.6 is 31.9 Å². The number of nitrogens with zero attached hydrogens (tertiary/aromatic N) is 2.